The van der Waals surface area contributed by atoms with Crippen LogP contribution in [0.5, 0.6) is 0 Å². The zero-order valence-electron chi connectivity index (χ0n) is 8.94. The third-order valence-electron chi connectivity index (χ3n) is 2.83. The molecule has 2 heterocycles. The molecule has 0 saturated heterocycles. The molecule has 1 aromatic rings. The van der Waals surface area contributed by atoms with Crippen LogP contribution in [0.3, 0.4) is 0 Å². The van der Waals surface area contributed by atoms with Crippen molar-refractivity contribution in [3.05, 3.63) is 52.7 Å². The van der Waals surface area contributed by atoms with Crippen molar-refractivity contribution >= 4 is 23.1 Å². The lowest BCUT2D eigenvalue weighted by Crippen LogP contribution is -2.27. The van der Waals surface area contributed by atoms with E-state index in [0.29, 0.717) is 0 Å². The highest BCUT2D eigenvalue weighted by Gasteiger charge is 2.19. The second-order valence-electron chi connectivity index (χ2n) is 4.03. The van der Waals surface area contributed by atoms with Gasteiger partial charge in [0, 0.05) is 11.2 Å². The van der Waals surface area contributed by atoms with Gasteiger partial charge in [0.05, 0.1) is 12.2 Å². The van der Waals surface area contributed by atoms with Crippen LogP contribution in [0.4, 0.5) is 5.69 Å². The highest BCUT2D eigenvalue weighted by Crippen LogP contribution is 2.33. The van der Waals surface area contributed by atoms with Gasteiger partial charge in [-0.25, -0.2) is 4.99 Å². The summed E-state index contributed by atoms with van der Waals surface area (Å²) in [4.78, 5) is 6.78. The van der Waals surface area contributed by atoms with E-state index < -0.39 is 0 Å². The van der Waals surface area contributed by atoms with Gasteiger partial charge in [0.1, 0.15) is 5.84 Å². The van der Waals surface area contributed by atoms with Crippen LogP contribution in [0.2, 0.25) is 5.02 Å². The summed E-state index contributed by atoms with van der Waals surface area (Å²) in [6.45, 7) is 2.89. The lowest BCUT2D eigenvalue weighted by Gasteiger charge is -2.28. The quantitative estimate of drug-likeness (QED) is 0.665. The summed E-state index contributed by atoms with van der Waals surface area (Å²) in [5.41, 5.74) is 3.39. The lowest BCUT2D eigenvalue weighted by atomic mass is 10.1. The van der Waals surface area contributed by atoms with E-state index in [1.54, 1.807) is 0 Å². The maximum Gasteiger partial charge on any atom is 0.133 e. The summed E-state index contributed by atoms with van der Waals surface area (Å²) < 4.78 is 0. The maximum atomic E-state index is 6.06. The SMILES string of the molecule is Cc1cc(Cl)cc2c1N=C1C=CC=CN1C2. The van der Waals surface area contributed by atoms with E-state index in [-0.39, 0.29) is 0 Å². The largest absolute Gasteiger partial charge is 0.329 e. The van der Waals surface area contributed by atoms with Crippen LogP contribution in [0.25, 0.3) is 0 Å². The molecule has 0 N–H and O–H groups in total. The zero-order chi connectivity index (χ0) is 11.1. The first-order chi connectivity index (χ1) is 7.74. The van der Waals surface area contributed by atoms with E-state index in [4.69, 9.17) is 11.6 Å². The van der Waals surface area contributed by atoms with Crippen LogP contribution in [0.15, 0.2) is 41.6 Å². The fraction of sp³-hybridized carbons (Fsp3) is 0.154. The Balaban J connectivity index is 2.17. The Kier molecular flexibility index (Phi) is 2.11. The van der Waals surface area contributed by atoms with Crippen LogP contribution in [0, 0.1) is 6.92 Å². The van der Waals surface area contributed by atoms with E-state index in [0.717, 1.165) is 28.7 Å². The number of aliphatic imine (C=N–C) groups is 1. The van der Waals surface area contributed by atoms with Gasteiger partial charge in [-0.15, -0.1) is 0 Å². The number of hydrogen-bond acceptors (Lipinski definition) is 2. The highest BCUT2D eigenvalue weighted by molar-refractivity contribution is 6.30. The molecule has 3 heteroatoms. The first-order valence-corrected chi connectivity index (χ1v) is 5.61. The maximum absolute atomic E-state index is 6.06. The Bertz CT molecular complexity index is 541. The summed E-state index contributed by atoms with van der Waals surface area (Å²) in [5.74, 6) is 1.00. The predicted octanol–water partition coefficient (Wildman–Crippen LogP) is 3.58. The monoisotopic (exact) mass is 230 g/mol. The van der Waals surface area contributed by atoms with Crippen molar-refractivity contribution in [3.63, 3.8) is 0 Å². The lowest BCUT2D eigenvalue weighted by molar-refractivity contribution is 0.544. The Morgan fingerprint density at radius 3 is 3.06 bits per heavy atom. The van der Waals surface area contributed by atoms with Gasteiger partial charge in [0.2, 0.25) is 0 Å². The van der Waals surface area contributed by atoms with Crippen LogP contribution < -0.4 is 0 Å². The molecule has 2 aliphatic rings. The Labute approximate surface area is 99.6 Å². The number of halogens is 1. The van der Waals surface area contributed by atoms with Crippen molar-refractivity contribution < 1.29 is 0 Å². The van der Waals surface area contributed by atoms with E-state index in [1.807, 2.05) is 43.5 Å². The van der Waals surface area contributed by atoms with Crippen LogP contribution in [0.1, 0.15) is 11.1 Å². The van der Waals surface area contributed by atoms with Gasteiger partial charge in [-0.1, -0.05) is 17.7 Å². The number of amidine groups is 1. The molecule has 2 nitrogen and oxygen atoms in total. The molecule has 0 unspecified atom stereocenters. The fourth-order valence-electron chi connectivity index (χ4n) is 2.09. The van der Waals surface area contributed by atoms with Crippen LogP contribution in [-0.4, -0.2) is 10.7 Å². The van der Waals surface area contributed by atoms with Gasteiger partial charge < -0.3 is 4.90 Å². The van der Waals surface area contributed by atoms with Crippen molar-refractivity contribution in [2.24, 2.45) is 4.99 Å². The van der Waals surface area contributed by atoms with Crippen molar-refractivity contribution in [3.8, 4) is 0 Å². The van der Waals surface area contributed by atoms with Gasteiger partial charge in [0.25, 0.3) is 0 Å². The van der Waals surface area contributed by atoms with Crippen molar-refractivity contribution in [1.29, 1.82) is 0 Å². The summed E-state index contributed by atoms with van der Waals surface area (Å²) in [6, 6.07) is 3.96. The first kappa shape index (κ1) is 9.67. The second-order valence-corrected chi connectivity index (χ2v) is 4.47. The van der Waals surface area contributed by atoms with E-state index in [2.05, 4.69) is 9.89 Å². The number of aryl methyl sites for hydroxylation is 1. The minimum atomic E-state index is 0.784. The first-order valence-electron chi connectivity index (χ1n) is 5.23. The Morgan fingerprint density at radius 2 is 2.19 bits per heavy atom. The molecule has 0 saturated carbocycles. The van der Waals surface area contributed by atoms with Crippen molar-refractivity contribution in [2.45, 2.75) is 13.5 Å². The summed E-state index contributed by atoms with van der Waals surface area (Å²) >= 11 is 6.06. The molecule has 3 rings (SSSR count). The molecule has 80 valence electrons. The minimum absolute atomic E-state index is 0.784. The molecule has 0 amide bonds. The van der Waals surface area contributed by atoms with Gasteiger partial charge in [-0.3, -0.25) is 0 Å². The number of fused-ring (bicyclic) bond motifs is 2. The molecule has 0 spiro atoms. The van der Waals surface area contributed by atoms with Crippen molar-refractivity contribution in [1.82, 2.24) is 4.90 Å². The predicted molar refractivity (Wildman–Crippen MR) is 67.1 cm³/mol. The Hall–Kier alpha value is -1.54. The molecule has 0 atom stereocenters. The molecule has 1 aromatic carbocycles. The van der Waals surface area contributed by atoms with Crippen molar-refractivity contribution in [2.75, 3.05) is 0 Å². The summed E-state index contributed by atoms with van der Waals surface area (Å²) in [7, 11) is 0. The van der Waals surface area contributed by atoms with Crippen LogP contribution >= 0.6 is 11.6 Å². The van der Waals surface area contributed by atoms with E-state index in [1.165, 1.54) is 5.56 Å². The molecule has 0 aliphatic carbocycles. The van der Waals surface area contributed by atoms with Crippen LogP contribution in [-0.2, 0) is 6.54 Å². The van der Waals surface area contributed by atoms with Gasteiger partial charge in [0.15, 0.2) is 0 Å². The van der Waals surface area contributed by atoms with Gasteiger partial charge in [-0.05, 0) is 42.3 Å². The summed E-state index contributed by atoms with van der Waals surface area (Å²) in [5, 5.41) is 0.784. The average molecular weight is 231 g/mol. The molecular formula is C13H11ClN2. The van der Waals surface area contributed by atoms with Gasteiger partial charge >= 0.3 is 0 Å². The average Bonchev–Trinajstić information content (AvgIpc) is 2.27. The van der Waals surface area contributed by atoms with E-state index in [9.17, 15) is 0 Å². The molecule has 16 heavy (non-hydrogen) atoms. The fourth-order valence-corrected chi connectivity index (χ4v) is 2.38. The standard InChI is InChI=1S/C13H11ClN2/c1-9-6-11(14)7-10-8-16-5-3-2-4-12(16)15-13(9)10/h2-7H,8H2,1H3. The second kappa shape index (κ2) is 3.49. The molecule has 2 aliphatic heterocycles. The Morgan fingerprint density at radius 1 is 1.31 bits per heavy atom. The van der Waals surface area contributed by atoms with E-state index >= 15 is 0 Å². The zero-order valence-corrected chi connectivity index (χ0v) is 9.70. The third kappa shape index (κ3) is 1.46. The highest BCUT2D eigenvalue weighted by atomic mass is 35.5. The normalized spacial score (nSPS) is 16.9. The molecule has 0 bridgehead atoms. The molecular weight excluding hydrogens is 220 g/mol. The van der Waals surface area contributed by atoms with Gasteiger partial charge in [-0.2, -0.15) is 0 Å². The number of hydrogen-bond donors (Lipinski definition) is 0. The smallest absolute Gasteiger partial charge is 0.133 e. The molecule has 0 aromatic heterocycles. The topological polar surface area (TPSA) is 15.6 Å². The molecule has 0 radical (unpaired) electrons. The number of nitrogens with zero attached hydrogens (tertiary/aromatic N) is 2. The minimum Gasteiger partial charge on any atom is -0.329 e. The number of benzene rings is 1. The number of allylic oxidation sites excluding steroid dienone is 2. The summed E-state index contributed by atoms with van der Waals surface area (Å²) in [6.07, 6.45) is 8.09. The third-order valence-corrected chi connectivity index (χ3v) is 3.05. The number of rotatable bonds is 0. The molecule has 0 fully saturated rings.